The Balaban J connectivity index is 1.12. The third kappa shape index (κ3) is 6.89. The van der Waals surface area contributed by atoms with Crippen LogP contribution in [-0.4, -0.2) is 60.4 Å². The topological polar surface area (TPSA) is 107 Å². The highest BCUT2D eigenvalue weighted by molar-refractivity contribution is 5.94. The first-order chi connectivity index (χ1) is 21.0. The van der Waals surface area contributed by atoms with E-state index in [1.165, 1.54) is 31.3 Å². The molecule has 2 aliphatic heterocycles. The van der Waals surface area contributed by atoms with Crippen molar-refractivity contribution in [1.29, 1.82) is 0 Å². The molecule has 2 aliphatic rings. The van der Waals surface area contributed by atoms with E-state index >= 15 is 0 Å². The fourth-order valence-electron chi connectivity index (χ4n) is 5.26. The molecule has 4 aromatic rings. The summed E-state index contributed by atoms with van der Waals surface area (Å²) in [5.41, 5.74) is 1.99. The molecule has 3 aromatic carbocycles. The van der Waals surface area contributed by atoms with Crippen molar-refractivity contribution in [1.82, 2.24) is 20.2 Å². The second kappa shape index (κ2) is 13.1. The zero-order valence-electron chi connectivity index (χ0n) is 24.0. The molecule has 0 aliphatic carbocycles. The lowest BCUT2D eigenvalue weighted by Gasteiger charge is -2.23. The van der Waals surface area contributed by atoms with Crippen molar-refractivity contribution in [3.63, 3.8) is 0 Å². The van der Waals surface area contributed by atoms with E-state index in [0.717, 1.165) is 31.6 Å². The minimum Gasteiger partial charge on any atom is -0.489 e. The van der Waals surface area contributed by atoms with Gasteiger partial charge in [0.15, 0.2) is 11.5 Å². The summed E-state index contributed by atoms with van der Waals surface area (Å²) >= 11 is 0. The van der Waals surface area contributed by atoms with Crippen LogP contribution in [0.25, 0.3) is 10.9 Å². The van der Waals surface area contributed by atoms with Gasteiger partial charge in [-0.25, -0.2) is 19.2 Å². The number of urea groups is 1. The Morgan fingerprint density at radius 1 is 1.02 bits per heavy atom. The van der Waals surface area contributed by atoms with Gasteiger partial charge in [-0.05, 0) is 81.2 Å². The highest BCUT2D eigenvalue weighted by Crippen LogP contribution is 2.47. The number of rotatable bonds is 10. The Hall–Kier alpha value is -4.64. The van der Waals surface area contributed by atoms with Crippen LogP contribution in [0.1, 0.15) is 37.8 Å². The number of benzene rings is 3. The zero-order chi connectivity index (χ0) is 29.6. The molecule has 3 heterocycles. The number of hydrogen-bond acceptors (Lipinski definition) is 8. The van der Waals surface area contributed by atoms with Crippen molar-refractivity contribution in [2.75, 3.05) is 44.8 Å². The van der Waals surface area contributed by atoms with Gasteiger partial charge in [0.2, 0.25) is 11.6 Å². The SMILES string of the molecule is C[C@@H](NC(=O)Nc1ccc(Oc2ncnc3cc(OCCCN4CCCC4)c4c(c23)OCCO4)cc1)c1ccc(F)cc1. The zero-order valence-corrected chi connectivity index (χ0v) is 24.0. The molecule has 1 saturated heterocycles. The van der Waals surface area contributed by atoms with Crippen LogP contribution in [-0.2, 0) is 0 Å². The lowest BCUT2D eigenvalue weighted by Crippen LogP contribution is -2.31. The summed E-state index contributed by atoms with van der Waals surface area (Å²) in [6.07, 6.45) is 4.90. The molecule has 2 amide bonds. The van der Waals surface area contributed by atoms with E-state index in [-0.39, 0.29) is 17.9 Å². The Labute approximate surface area is 249 Å². The first-order valence-electron chi connectivity index (χ1n) is 14.6. The highest BCUT2D eigenvalue weighted by Gasteiger charge is 2.25. The minimum atomic E-state index is -0.384. The summed E-state index contributed by atoms with van der Waals surface area (Å²) in [6.45, 7) is 6.53. The molecule has 0 unspecified atom stereocenters. The number of likely N-dealkylation sites (tertiary alicyclic amines) is 1. The average Bonchev–Trinajstić information content (AvgIpc) is 3.54. The van der Waals surface area contributed by atoms with Crippen molar-refractivity contribution in [3.8, 4) is 28.9 Å². The molecular formula is C32H34FN5O5. The maximum absolute atomic E-state index is 13.2. The van der Waals surface area contributed by atoms with E-state index in [0.29, 0.717) is 65.3 Å². The van der Waals surface area contributed by atoms with Crippen LogP contribution in [0, 0.1) is 5.82 Å². The number of anilines is 1. The van der Waals surface area contributed by atoms with Crippen molar-refractivity contribution in [2.45, 2.75) is 32.2 Å². The van der Waals surface area contributed by atoms with E-state index in [9.17, 15) is 9.18 Å². The fraction of sp³-hybridized carbons (Fsp3) is 0.344. The summed E-state index contributed by atoms with van der Waals surface area (Å²) in [7, 11) is 0. The normalized spacial score (nSPS) is 15.2. The summed E-state index contributed by atoms with van der Waals surface area (Å²) in [5.74, 6) is 2.13. The predicted octanol–water partition coefficient (Wildman–Crippen LogP) is 6.08. The van der Waals surface area contributed by atoms with Gasteiger partial charge in [-0.15, -0.1) is 0 Å². The van der Waals surface area contributed by atoms with Crippen molar-refractivity contribution in [3.05, 3.63) is 72.3 Å². The van der Waals surface area contributed by atoms with Gasteiger partial charge >= 0.3 is 6.03 Å². The molecule has 11 heteroatoms. The predicted molar refractivity (Wildman–Crippen MR) is 160 cm³/mol. The molecule has 43 heavy (non-hydrogen) atoms. The van der Waals surface area contributed by atoms with Crippen LogP contribution >= 0.6 is 0 Å². The van der Waals surface area contributed by atoms with Crippen molar-refractivity contribution < 1.29 is 28.1 Å². The maximum Gasteiger partial charge on any atom is 0.319 e. The third-order valence-electron chi connectivity index (χ3n) is 7.46. The first-order valence-corrected chi connectivity index (χ1v) is 14.6. The molecule has 2 N–H and O–H groups in total. The Morgan fingerprint density at radius 3 is 2.53 bits per heavy atom. The fourth-order valence-corrected chi connectivity index (χ4v) is 5.26. The van der Waals surface area contributed by atoms with Crippen LogP contribution in [0.4, 0.5) is 14.9 Å². The number of aromatic nitrogens is 2. The van der Waals surface area contributed by atoms with Gasteiger partial charge < -0.3 is 34.5 Å². The molecular weight excluding hydrogens is 553 g/mol. The molecule has 6 rings (SSSR count). The van der Waals surface area contributed by atoms with Gasteiger partial charge in [0, 0.05) is 18.3 Å². The van der Waals surface area contributed by atoms with E-state index < -0.39 is 0 Å². The molecule has 1 atom stereocenters. The number of fused-ring (bicyclic) bond motifs is 3. The number of amides is 2. The smallest absolute Gasteiger partial charge is 0.319 e. The number of nitrogens with one attached hydrogen (secondary N) is 2. The number of ether oxygens (including phenoxy) is 4. The van der Waals surface area contributed by atoms with Gasteiger partial charge in [0.05, 0.1) is 18.2 Å². The highest BCUT2D eigenvalue weighted by atomic mass is 19.1. The largest absolute Gasteiger partial charge is 0.489 e. The number of carbonyl (C=O) groups is 1. The van der Waals surface area contributed by atoms with E-state index in [4.69, 9.17) is 18.9 Å². The lowest BCUT2D eigenvalue weighted by atomic mass is 10.1. The second-order valence-electron chi connectivity index (χ2n) is 10.6. The monoisotopic (exact) mass is 587 g/mol. The van der Waals surface area contributed by atoms with E-state index in [1.807, 2.05) is 13.0 Å². The van der Waals surface area contributed by atoms with Crippen LogP contribution in [0.3, 0.4) is 0 Å². The minimum absolute atomic E-state index is 0.299. The van der Waals surface area contributed by atoms with E-state index in [1.54, 1.807) is 36.4 Å². The van der Waals surface area contributed by atoms with Crippen LogP contribution in [0.2, 0.25) is 0 Å². The van der Waals surface area contributed by atoms with Crippen LogP contribution < -0.4 is 29.6 Å². The average molecular weight is 588 g/mol. The number of nitrogens with zero attached hydrogens (tertiary/aromatic N) is 3. The quantitative estimate of drug-likeness (QED) is 0.215. The lowest BCUT2D eigenvalue weighted by molar-refractivity contribution is 0.162. The summed E-state index contributed by atoms with van der Waals surface area (Å²) < 4.78 is 37.5. The van der Waals surface area contributed by atoms with Gasteiger partial charge in [-0.3, -0.25) is 0 Å². The van der Waals surface area contributed by atoms with E-state index in [2.05, 4.69) is 25.5 Å². The summed E-state index contributed by atoms with van der Waals surface area (Å²) in [4.78, 5) is 23.8. The van der Waals surface area contributed by atoms with Crippen molar-refractivity contribution in [2.24, 2.45) is 0 Å². The molecule has 0 bridgehead atoms. The number of hydrogen-bond donors (Lipinski definition) is 2. The standard InChI is InChI=1S/C32H34FN5O5/c1-21(22-5-7-23(33)8-6-22)36-32(39)37-24-9-11-25(12-10-24)43-31-28-26(34-20-35-31)19-27(29-30(28)42-18-17-41-29)40-16-4-15-38-13-2-3-14-38/h5-12,19-21H,2-4,13-18H2,1H3,(H2,36,37,39)/t21-/m1/s1. The maximum atomic E-state index is 13.2. The van der Waals surface area contributed by atoms with Crippen LogP contribution in [0.15, 0.2) is 60.9 Å². The Bertz CT molecular complexity index is 1560. The molecule has 10 nitrogen and oxygen atoms in total. The van der Waals surface area contributed by atoms with Gasteiger partial charge in [0.1, 0.15) is 36.5 Å². The molecule has 0 radical (unpaired) electrons. The molecule has 1 aromatic heterocycles. The second-order valence-corrected chi connectivity index (χ2v) is 10.6. The van der Waals surface area contributed by atoms with Crippen molar-refractivity contribution >= 4 is 22.6 Å². The third-order valence-corrected chi connectivity index (χ3v) is 7.46. The molecule has 1 fully saturated rings. The van der Waals surface area contributed by atoms with Gasteiger partial charge in [-0.1, -0.05) is 12.1 Å². The summed E-state index contributed by atoms with van der Waals surface area (Å²) in [6, 6.07) is 14.1. The molecule has 224 valence electrons. The Morgan fingerprint density at radius 2 is 1.77 bits per heavy atom. The molecule has 0 saturated carbocycles. The number of carbonyl (C=O) groups excluding carboxylic acids is 1. The van der Waals surface area contributed by atoms with Gasteiger partial charge in [0.25, 0.3) is 0 Å². The van der Waals surface area contributed by atoms with Crippen LogP contribution in [0.5, 0.6) is 28.9 Å². The Kier molecular flexibility index (Phi) is 8.69. The first kappa shape index (κ1) is 28.5. The van der Waals surface area contributed by atoms with Gasteiger partial charge in [-0.2, -0.15) is 0 Å². The number of halogens is 1. The molecule has 0 spiro atoms. The summed E-state index contributed by atoms with van der Waals surface area (Å²) in [5, 5.41) is 6.24.